The van der Waals surface area contributed by atoms with Crippen LogP contribution in [0, 0.1) is 5.92 Å². The van der Waals surface area contributed by atoms with Crippen molar-refractivity contribution in [1.29, 1.82) is 0 Å². The molecule has 2 unspecified atom stereocenters. The van der Waals surface area contributed by atoms with Gasteiger partial charge in [-0.15, -0.1) is 0 Å². The maximum Gasteiger partial charge on any atom is 0.255 e. The highest BCUT2D eigenvalue weighted by atomic mass is 79.9. The lowest BCUT2D eigenvalue weighted by Crippen LogP contribution is -2.48. The minimum absolute atomic E-state index is 0.0655. The highest BCUT2D eigenvalue weighted by Crippen LogP contribution is 2.25. The molecule has 2 atom stereocenters. The van der Waals surface area contributed by atoms with E-state index in [9.17, 15) is 9.59 Å². The third kappa shape index (κ3) is 4.22. The van der Waals surface area contributed by atoms with Crippen molar-refractivity contribution in [3.8, 4) is 11.6 Å². The standard InChI is InChI=1S/C19H20BrN3O3/c1-12-5-6-14(18(21)24)11-23(12)19(25)13-7-8-17(22-10-13)26-16-4-2-3-15(20)9-16/h2-4,7-10,12,14H,5-6,11H2,1H3,(H2,21,24). The number of amides is 2. The number of nitrogens with zero attached hydrogens (tertiary/aromatic N) is 2. The number of nitrogens with two attached hydrogens (primary N) is 1. The van der Waals surface area contributed by atoms with Crippen molar-refractivity contribution in [2.24, 2.45) is 11.7 Å². The smallest absolute Gasteiger partial charge is 0.255 e. The maximum absolute atomic E-state index is 12.8. The molecule has 6 nitrogen and oxygen atoms in total. The van der Waals surface area contributed by atoms with Crippen LogP contribution in [0.4, 0.5) is 0 Å². The molecule has 26 heavy (non-hydrogen) atoms. The number of halogens is 1. The molecule has 0 saturated carbocycles. The van der Waals surface area contributed by atoms with Gasteiger partial charge in [-0.05, 0) is 44.0 Å². The fourth-order valence-corrected chi connectivity index (χ4v) is 3.38. The van der Waals surface area contributed by atoms with E-state index >= 15 is 0 Å². The summed E-state index contributed by atoms with van der Waals surface area (Å²) in [6.45, 7) is 2.33. The summed E-state index contributed by atoms with van der Waals surface area (Å²) in [6, 6.07) is 10.8. The molecule has 2 aromatic rings. The Kier molecular flexibility index (Phi) is 5.56. The first-order valence-corrected chi connectivity index (χ1v) is 9.23. The summed E-state index contributed by atoms with van der Waals surface area (Å²) in [5, 5.41) is 0. The van der Waals surface area contributed by atoms with E-state index in [2.05, 4.69) is 20.9 Å². The van der Waals surface area contributed by atoms with E-state index < -0.39 is 0 Å². The molecule has 136 valence electrons. The molecule has 3 rings (SSSR count). The van der Waals surface area contributed by atoms with Gasteiger partial charge in [0.1, 0.15) is 5.75 Å². The van der Waals surface area contributed by atoms with Crippen molar-refractivity contribution in [3.05, 3.63) is 52.6 Å². The van der Waals surface area contributed by atoms with Gasteiger partial charge in [0.25, 0.3) is 5.91 Å². The molecule has 0 aliphatic carbocycles. The Morgan fingerprint density at radius 2 is 2.08 bits per heavy atom. The number of piperidine rings is 1. The third-order valence-electron chi connectivity index (χ3n) is 4.55. The van der Waals surface area contributed by atoms with Gasteiger partial charge in [-0.2, -0.15) is 0 Å². The SMILES string of the molecule is CC1CCC(C(N)=O)CN1C(=O)c1ccc(Oc2cccc(Br)c2)nc1. The summed E-state index contributed by atoms with van der Waals surface area (Å²) in [5.41, 5.74) is 5.87. The number of rotatable bonds is 4. The fraction of sp³-hybridized carbons (Fsp3) is 0.316. The van der Waals surface area contributed by atoms with Gasteiger partial charge in [0, 0.05) is 29.3 Å². The second kappa shape index (κ2) is 7.86. The number of carbonyl (C=O) groups excluding carboxylic acids is 2. The number of benzene rings is 1. The van der Waals surface area contributed by atoms with Crippen molar-refractivity contribution in [3.63, 3.8) is 0 Å². The van der Waals surface area contributed by atoms with Gasteiger partial charge in [0.15, 0.2) is 0 Å². The van der Waals surface area contributed by atoms with Gasteiger partial charge in [0.2, 0.25) is 11.8 Å². The molecular formula is C19H20BrN3O3. The summed E-state index contributed by atoms with van der Waals surface area (Å²) in [5.74, 6) is 0.263. The zero-order valence-corrected chi connectivity index (χ0v) is 16.0. The predicted octanol–water partition coefficient (Wildman–Crippen LogP) is 3.36. The molecule has 2 N–H and O–H groups in total. The van der Waals surface area contributed by atoms with Crippen LogP contribution in [-0.2, 0) is 4.79 Å². The zero-order valence-electron chi connectivity index (χ0n) is 14.4. The summed E-state index contributed by atoms with van der Waals surface area (Å²) >= 11 is 3.39. The van der Waals surface area contributed by atoms with Crippen molar-refractivity contribution < 1.29 is 14.3 Å². The third-order valence-corrected chi connectivity index (χ3v) is 5.04. The van der Waals surface area contributed by atoms with Gasteiger partial charge in [0.05, 0.1) is 11.5 Å². The molecule has 0 radical (unpaired) electrons. The Labute approximate surface area is 160 Å². The summed E-state index contributed by atoms with van der Waals surface area (Å²) in [4.78, 5) is 30.2. The average molecular weight is 418 g/mol. The molecular weight excluding hydrogens is 398 g/mol. The van der Waals surface area contributed by atoms with Crippen LogP contribution in [0.25, 0.3) is 0 Å². The first kappa shape index (κ1) is 18.4. The van der Waals surface area contributed by atoms with Crippen LogP contribution in [0.2, 0.25) is 0 Å². The molecule has 1 aromatic heterocycles. The topological polar surface area (TPSA) is 85.5 Å². The second-order valence-corrected chi connectivity index (χ2v) is 7.34. The first-order valence-electron chi connectivity index (χ1n) is 8.44. The molecule has 0 bridgehead atoms. The minimum Gasteiger partial charge on any atom is -0.439 e. The van der Waals surface area contributed by atoms with Crippen LogP contribution in [0.5, 0.6) is 11.6 Å². The average Bonchev–Trinajstić information content (AvgIpc) is 2.62. The first-order chi connectivity index (χ1) is 12.4. The van der Waals surface area contributed by atoms with E-state index in [1.54, 1.807) is 17.0 Å². The number of aromatic nitrogens is 1. The van der Waals surface area contributed by atoms with Crippen LogP contribution < -0.4 is 10.5 Å². The van der Waals surface area contributed by atoms with Crippen LogP contribution in [0.3, 0.4) is 0 Å². The number of primary amides is 1. The summed E-state index contributed by atoms with van der Waals surface area (Å²) < 4.78 is 6.59. The fourth-order valence-electron chi connectivity index (χ4n) is 3.01. The summed E-state index contributed by atoms with van der Waals surface area (Å²) in [6.07, 6.45) is 2.98. The Morgan fingerprint density at radius 3 is 2.73 bits per heavy atom. The Morgan fingerprint density at radius 1 is 1.27 bits per heavy atom. The largest absolute Gasteiger partial charge is 0.439 e. The molecule has 7 heteroatoms. The number of ether oxygens (including phenoxy) is 1. The lowest BCUT2D eigenvalue weighted by molar-refractivity contribution is -0.123. The quantitative estimate of drug-likeness (QED) is 0.825. The van der Waals surface area contributed by atoms with Gasteiger partial charge in [-0.25, -0.2) is 4.98 Å². The Balaban J connectivity index is 1.71. The predicted molar refractivity (Wildman–Crippen MR) is 101 cm³/mol. The van der Waals surface area contributed by atoms with Gasteiger partial charge in [-0.1, -0.05) is 22.0 Å². The van der Waals surface area contributed by atoms with Crippen molar-refractivity contribution in [2.75, 3.05) is 6.54 Å². The Bertz CT molecular complexity index is 810. The molecule has 1 saturated heterocycles. The number of likely N-dealkylation sites (tertiary alicyclic amines) is 1. The summed E-state index contributed by atoms with van der Waals surface area (Å²) in [7, 11) is 0. The molecule has 0 spiro atoms. The van der Waals surface area contributed by atoms with Crippen molar-refractivity contribution in [2.45, 2.75) is 25.8 Å². The minimum atomic E-state index is -0.356. The van der Waals surface area contributed by atoms with E-state index in [1.165, 1.54) is 6.20 Å². The zero-order chi connectivity index (χ0) is 18.7. The normalized spacial score (nSPS) is 19.8. The second-order valence-electron chi connectivity index (χ2n) is 6.43. The van der Waals surface area contributed by atoms with E-state index in [-0.39, 0.29) is 23.8 Å². The van der Waals surface area contributed by atoms with Crippen LogP contribution in [0.1, 0.15) is 30.1 Å². The number of hydrogen-bond donors (Lipinski definition) is 1. The van der Waals surface area contributed by atoms with E-state index in [0.717, 1.165) is 17.3 Å². The highest BCUT2D eigenvalue weighted by Gasteiger charge is 2.32. The van der Waals surface area contributed by atoms with Gasteiger partial charge >= 0.3 is 0 Å². The maximum atomic E-state index is 12.8. The highest BCUT2D eigenvalue weighted by molar-refractivity contribution is 9.10. The van der Waals surface area contributed by atoms with Crippen LogP contribution in [-0.4, -0.2) is 34.3 Å². The number of pyridine rings is 1. The molecule has 2 amide bonds. The van der Waals surface area contributed by atoms with E-state index in [1.807, 2.05) is 31.2 Å². The lowest BCUT2D eigenvalue weighted by atomic mass is 9.92. The molecule has 1 fully saturated rings. The molecule has 1 aliphatic rings. The van der Waals surface area contributed by atoms with E-state index in [0.29, 0.717) is 23.7 Å². The number of carbonyl (C=O) groups is 2. The molecule has 1 aliphatic heterocycles. The van der Waals surface area contributed by atoms with Gasteiger partial charge in [-0.3, -0.25) is 9.59 Å². The Hall–Kier alpha value is -2.41. The molecule has 2 heterocycles. The number of hydrogen-bond acceptors (Lipinski definition) is 4. The monoisotopic (exact) mass is 417 g/mol. The van der Waals surface area contributed by atoms with Crippen LogP contribution >= 0.6 is 15.9 Å². The van der Waals surface area contributed by atoms with E-state index in [4.69, 9.17) is 10.5 Å². The molecule has 1 aromatic carbocycles. The van der Waals surface area contributed by atoms with Crippen LogP contribution in [0.15, 0.2) is 47.1 Å². The van der Waals surface area contributed by atoms with Crippen molar-refractivity contribution >= 4 is 27.7 Å². The van der Waals surface area contributed by atoms with Gasteiger partial charge < -0.3 is 15.4 Å². The lowest BCUT2D eigenvalue weighted by Gasteiger charge is -2.36. The van der Waals surface area contributed by atoms with Crippen molar-refractivity contribution in [1.82, 2.24) is 9.88 Å².